The predicted octanol–water partition coefficient (Wildman–Crippen LogP) is 2.49. The lowest BCUT2D eigenvalue weighted by Gasteiger charge is -2.06. The van der Waals surface area contributed by atoms with Crippen LogP contribution >= 0.6 is 11.6 Å². The van der Waals surface area contributed by atoms with Gasteiger partial charge in [0.05, 0.1) is 0 Å². The predicted molar refractivity (Wildman–Crippen MR) is 52.2 cm³/mol. The Morgan fingerprint density at radius 2 is 2.15 bits per heavy atom. The molecule has 2 nitrogen and oxygen atoms in total. The summed E-state index contributed by atoms with van der Waals surface area (Å²) in [6, 6.07) is 3.34. The summed E-state index contributed by atoms with van der Waals surface area (Å²) in [7, 11) is 0. The van der Waals surface area contributed by atoms with Gasteiger partial charge in [0.25, 0.3) is 0 Å². The molecule has 1 aromatic rings. The molecule has 0 unspecified atom stereocenters. The molecule has 0 saturated heterocycles. The van der Waals surface area contributed by atoms with Gasteiger partial charge in [-0.3, -0.25) is 4.79 Å². The second-order valence-electron chi connectivity index (χ2n) is 3.12. The Bertz CT molecular complexity index is 322. The summed E-state index contributed by atoms with van der Waals surface area (Å²) in [5, 5.41) is 9.94. The lowest BCUT2D eigenvalue weighted by molar-refractivity contribution is -0.116. The van der Waals surface area contributed by atoms with E-state index < -0.39 is 0 Å². The molecule has 13 heavy (non-hydrogen) atoms. The third-order valence-corrected chi connectivity index (χ3v) is 2.08. The SMILES string of the molecule is CC(=O)Cc1c(O)cc(C)cc1Cl. The molecule has 70 valence electrons. The highest BCUT2D eigenvalue weighted by Crippen LogP contribution is 2.27. The Hall–Kier alpha value is -1.02. The Kier molecular flexibility index (Phi) is 2.94. The average molecular weight is 199 g/mol. The highest BCUT2D eigenvalue weighted by molar-refractivity contribution is 6.31. The number of benzene rings is 1. The fourth-order valence-electron chi connectivity index (χ4n) is 1.18. The standard InChI is InChI=1S/C10H11ClO2/c1-6-3-9(11)8(5-7(2)12)10(13)4-6/h3-4,13H,5H2,1-2H3. The summed E-state index contributed by atoms with van der Waals surface area (Å²) < 4.78 is 0. The number of aromatic hydroxyl groups is 1. The summed E-state index contributed by atoms with van der Waals surface area (Å²) in [6.45, 7) is 3.30. The van der Waals surface area contributed by atoms with Gasteiger partial charge in [-0.2, -0.15) is 0 Å². The van der Waals surface area contributed by atoms with Gasteiger partial charge in [0.15, 0.2) is 0 Å². The van der Waals surface area contributed by atoms with Crippen molar-refractivity contribution in [3.63, 3.8) is 0 Å². The Morgan fingerprint density at radius 3 is 2.62 bits per heavy atom. The normalized spacial score (nSPS) is 10.1. The number of hydrogen-bond acceptors (Lipinski definition) is 2. The first kappa shape index (κ1) is 10.1. The molecule has 0 aliphatic carbocycles. The molecule has 0 aromatic heterocycles. The number of phenols is 1. The van der Waals surface area contributed by atoms with Crippen LogP contribution in [-0.2, 0) is 11.2 Å². The monoisotopic (exact) mass is 198 g/mol. The molecule has 0 aliphatic heterocycles. The van der Waals surface area contributed by atoms with E-state index in [1.807, 2.05) is 6.92 Å². The van der Waals surface area contributed by atoms with Crippen molar-refractivity contribution in [1.82, 2.24) is 0 Å². The van der Waals surface area contributed by atoms with Crippen molar-refractivity contribution in [1.29, 1.82) is 0 Å². The highest BCUT2D eigenvalue weighted by Gasteiger charge is 2.09. The van der Waals surface area contributed by atoms with Crippen LogP contribution in [0.25, 0.3) is 0 Å². The van der Waals surface area contributed by atoms with E-state index in [-0.39, 0.29) is 18.0 Å². The van der Waals surface area contributed by atoms with Gasteiger partial charge in [-0.25, -0.2) is 0 Å². The minimum absolute atomic E-state index is 0.0129. The van der Waals surface area contributed by atoms with Crippen LogP contribution in [0.15, 0.2) is 12.1 Å². The van der Waals surface area contributed by atoms with Crippen molar-refractivity contribution in [3.8, 4) is 5.75 Å². The lowest BCUT2D eigenvalue weighted by Crippen LogP contribution is -1.97. The number of carbonyl (C=O) groups is 1. The summed E-state index contributed by atoms with van der Waals surface area (Å²) in [4.78, 5) is 10.8. The maximum Gasteiger partial charge on any atom is 0.134 e. The number of ketones is 1. The summed E-state index contributed by atoms with van der Waals surface area (Å²) in [5.74, 6) is 0.0845. The maximum absolute atomic E-state index is 10.8. The van der Waals surface area contributed by atoms with Crippen LogP contribution in [0, 0.1) is 6.92 Å². The van der Waals surface area contributed by atoms with Gasteiger partial charge in [0.2, 0.25) is 0 Å². The number of aryl methyl sites for hydroxylation is 1. The molecule has 0 atom stereocenters. The van der Waals surface area contributed by atoms with Gasteiger partial charge in [-0.15, -0.1) is 0 Å². The van der Waals surface area contributed by atoms with Gasteiger partial charge in [0.1, 0.15) is 11.5 Å². The van der Waals surface area contributed by atoms with Crippen LogP contribution in [0.5, 0.6) is 5.75 Å². The van der Waals surface area contributed by atoms with Crippen LogP contribution in [-0.4, -0.2) is 10.9 Å². The summed E-state index contributed by atoms with van der Waals surface area (Å²) in [5.41, 5.74) is 1.40. The molecule has 1 aromatic carbocycles. The van der Waals surface area contributed by atoms with E-state index in [1.165, 1.54) is 6.92 Å². The molecule has 0 fully saturated rings. The second kappa shape index (κ2) is 3.79. The Morgan fingerprint density at radius 1 is 1.54 bits per heavy atom. The van der Waals surface area contributed by atoms with Crippen molar-refractivity contribution in [2.75, 3.05) is 0 Å². The number of halogens is 1. The third kappa shape index (κ3) is 2.46. The van der Waals surface area contributed by atoms with E-state index in [2.05, 4.69) is 0 Å². The minimum Gasteiger partial charge on any atom is -0.508 e. The van der Waals surface area contributed by atoms with Crippen molar-refractivity contribution in [2.24, 2.45) is 0 Å². The Labute approximate surface area is 82.2 Å². The average Bonchev–Trinajstić information content (AvgIpc) is 1.96. The highest BCUT2D eigenvalue weighted by atomic mass is 35.5. The molecule has 0 spiro atoms. The molecule has 1 N–H and O–H groups in total. The number of phenolic OH excluding ortho intramolecular Hbond substituents is 1. The molecule has 0 amide bonds. The van der Waals surface area contributed by atoms with E-state index in [0.29, 0.717) is 10.6 Å². The molecule has 0 heterocycles. The number of Topliss-reactive ketones (excluding diaryl/α,β-unsaturated/α-hetero) is 1. The van der Waals surface area contributed by atoms with Crippen molar-refractivity contribution in [2.45, 2.75) is 20.3 Å². The van der Waals surface area contributed by atoms with E-state index in [4.69, 9.17) is 11.6 Å². The van der Waals surface area contributed by atoms with Crippen LogP contribution in [0.3, 0.4) is 0 Å². The first-order chi connectivity index (χ1) is 6.00. The first-order valence-corrected chi connectivity index (χ1v) is 4.36. The van der Waals surface area contributed by atoms with E-state index in [0.717, 1.165) is 5.56 Å². The number of rotatable bonds is 2. The minimum atomic E-state index is -0.0129. The van der Waals surface area contributed by atoms with Crippen LogP contribution in [0.4, 0.5) is 0 Å². The lowest BCUT2D eigenvalue weighted by atomic mass is 10.1. The van der Waals surface area contributed by atoms with Crippen LogP contribution < -0.4 is 0 Å². The van der Waals surface area contributed by atoms with Gasteiger partial charge < -0.3 is 5.11 Å². The fraction of sp³-hybridized carbons (Fsp3) is 0.300. The van der Waals surface area contributed by atoms with Crippen LogP contribution in [0.2, 0.25) is 5.02 Å². The third-order valence-electron chi connectivity index (χ3n) is 1.74. The topological polar surface area (TPSA) is 37.3 Å². The molecule has 0 saturated carbocycles. The van der Waals surface area contributed by atoms with Gasteiger partial charge in [-0.05, 0) is 31.5 Å². The number of hydrogen-bond donors (Lipinski definition) is 1. The van der Waals surface area contributed by atoms with Crippen LogP contribution in [0.1, 0.15) is 18.1 Å². The molecular weight excluding hydrogens is 188 g/mol. The Balaban J connectivity index is 3.13. The zero-order chi connectivity index (χ0) is 10.0. The van der Waals surface area contributed by atoms with Crippen molar-refractivity contribution in [3.05, 3.63) is 28.3 Å². The largest absolute Gasteiger partial charge is 0.508 e. The van der Waals surface area contributed by atoms with E-state index in [9.17, 15) is 9.90 Å². The van der Waals surface area contributed by atoms with Crippen molar-refractivity contribution >= 4 is 17.4 Å². The quantitative estimate of drug-likeness (QED) is 0.793. The fourth-order valence-corrected chi connectivity index (χ4v) is 1.51. The van der Waals surface area contributed by atoms with Gasteiger partial charge >= 0.3 is 0 Å². The number of carbonyl (C=O) groups excluding carboxylic acids is 1. The van der Waals surface area contributed by atoms with Crippen molar-refractivity contribution < 1.29 is 9.90 Å². The molecule has 1 rings (SSSR count). The van der Waals surface area contributed by atoms with Gasteiger partial charge in [0, 0.05) is 17.0 Å². The second-order valence-corrected chi connectivity index (χ2v) is 3.53. The maximum atomic E-state index is 10.8. The summed E-state index contributed by atoms with van der Waals surface area (Å²) in [6.07, 6.45) is 0.185. The molecular formula is C10H11ClO2. The zero-order valence-corrected chi connectivity index (χ0v) is 8.35. The van der Waals surface area contributed by atoms with E-state index in [1.54, 1.807) is 12.1 Å². The first-order valence-electron chi connectivity index (χ1n) is 3.98. The molecule has 0 aliphatic rings. The van der Waals surface area contributed by atoms with Gasteiger partial charge in [-0.1, -0.05) is 11.6 Å². The molecule has 0 radical (unpaired) electrons. The smallest absolute Gasteiger partial charge is 0.134 e. The molecule has 3 heteroatoms. The van der Waals surface area contributed by atoms with E-state index >= 15 is 0 Å². The molecule has 0 bridgehead atoms. The zero-order valence-electron chi connectivity index (χ0n) is 7.60. The summed E-state index contributed by atoms with van der Waals surface area (Å²) >= 11 is 5.87.